The van der Waals surface area contributed by atoms with Gasteiger partial charge < -0.3 is 20.1 Å². The SMILES string of the molecule is C/C=C/c1ccc(OCC(=O)N2CCC(C(C)N)CC2)c(OC)c1. The van der Waals surface area contributed by atoms with Crippen LogP contribution in [0.3, 0.4) is 0 Å². The van der Waals surface area contributed by atoms with Gasteiger partial charge in [-0.15, -0.1) is 0 Å². The third-order valence-electron chi connectivity index (χ3n) is 4.53. The molecule has 0 spiro atoms. The highest BCUT2D eigenvalue weighted by Crippen LogP contribution is 2.28. The summed E-state index contributed by atoms with van der Waals surface area (Å²) in [5.74, 6) is 1.74. The number of piperidine rings is 1. The van der Waals surface area contributed by atoms with Crippen LogP contribution in [-0.4, -0.2) is 43.7 Å². The number of ether oxygens (including phenoxy) is 2. The fraction of sp³-hybridized carbons (Fsp3) is 0.526. The molecule has 1 amide bonds. The van der Waals surface area contributed by atoms with Crippen molar-refractivity contribution in [1.29, 1.82) is 0 Å². The lowest BCUT2D eigenvalue weighted by Gasteiger charge is -2.33. The predicted molar refractivity (Wildman–Crippen MR) is 96.2 cm³/mol. The Balaban J connectivity index is 1.90. The molecule has 5 nitrogen and oxygen atoms in total. The second-order valence-electron chi connectivity index (χ2n) is 6.28. The Kier molecular flexibility index (Phi) is 6.67. The van der Waals surface area contributed by atoms with Gasteiger partial charge in [-0.2, -0.15) is 0 Å². The number of benzene rings is 1. The quantitative estimate of drug-likeness (QED) is 0.870. The molecule has 1 aromatic rings. The van der Waals surface area contributed by atoms with E-state index in [4.69, 9.17) is 15.2 Å². The van der Waals surface area contributed by atoms with Crippen molar-refractivity contribution in [2.45, 2.75) is 32.7 Å². The topological polar surface area (TPSA) is 64.8 Å². The summed E-state index contributed by atoms with van der Waals surface area (Å²) in [4.78, 5) is 14.2. The molecule has 0 bridgehead atoms. The number of hydrogen-bond donors (Lipinski definition) is 1. The van der Waals surface area contributed by atoms with Gasteiger partial charge in [0.1, 0.15) is 0 Å². The summed E-state index contributed by atoms with van der Waals surface area (Å²) in [6.45, 7) is 5.54. The van der Waals surface area contributed by atoms with Crippen LogP contribution in [0.5, 0.6) is 11.5 Å². The number of allylic oxidation sites excluding steroid dienone is 1. The number of carbonyl (C=O) groups excluding carboxylic acids is 1. The third-order valence-corrected chi connectivity index (χ3v) is 4.53. The molecule has 132 valence electrons. The van der Waals surface area contributed by atoms with E-state index in [1.165, 1.54) is 0 Å². The molecule has 1 aromatic carbocycles. The summed E-state index contributed by atoms with van der Waals surface area (Å²) in [5, 5.41) is 0. The van der Waals surface area contributed by atoms with Crippen LogP contribution < -0.4 is 15.2 Å². The number of hydrogen-bond acceptors (Lipinski definition) is 4. The normalized spacial score (nSPS) is 17.1. The molecule has 24 heavy (non-hydrogen) atoms. The predicted octanol–water partition coefficient (Wildman–Crippen LogP) is 2.69. The molecule has 0 radical (unpaired) electrons. The van der Waals surface area contributed by atoms with Crippen molar-refractivity contribution in [3.05, 3.63) is 29.8 Å². The first-order valence-electron chi connectivity index (χ1n) is 8.52. The van der Waals surface area contributed by atoms with Gasteiger partial charge in [0.15, 0.2) is 18.1 Å². The highest BCUT2D eigenvalue weighted by atomic mass is 16.5. The fourth-order valence-electron chi connectivity index (χ4n) is 3.00. The van der Waals surface area contributed by atoms with Crippen LogP contribution in [0, 0.1) is 5.92 Å². The molecule has 1 saturated heterocycles. The zero-order chi connectivity index (χ0) is 17.5. The van der Waals surface area contributed by atoms with Crippen LogP contribution in [0.1, 0.15) is 32.3 Å². The number of methoxy groups -OCH3 is 1. The minimum absolute atomic E-state index is 0.0118. The molecular weight excluding hydrogens is 304 g/mol. The molecule has 0 aliphatic carbocycles. The molecule has 1 aliphatic heterocycles. The molecule has 0 aromatic heterocycles. The zero-order valence-corrected chi connectivity index (χ0v) is 14.8. The molecule has 5 heteroatoms. The molecule has 1 unspecified atom stereocenters. The molecular formula is C19H28N2O3. The first-order chi connectivity index (χ1) is 11.5. The first-order valence-corrected chi connectivity index (χ1v) is 8.52. The van der Waals surface area contributed by atoms with Crippen molar-refractivity contribution >= 4 is 12.0 Å². The van der Waals surface area contributed by atoms with E-state index in [0.29, 0.717) is 17.4 Å². The smallest absolute Gasteiger partial charge is 0.260 e. The van der Waals surface area contributed by atoms with Crippen molar-refractivity contribution in [2.75, 3.05) is 26.8 Å². The average Bonchev–Trinajstić information content (AvgIpc) is 2.60. The van der Waals surface area contributed by atoms with E-state index in [1.54, 1.807) is 7.11 Å². The highest BCUT2D eigenvalue weighted by Gasteiger charge is 2.25. The van der Waals surface area contributed by atoms with Crippen LogP contribution in [0.15, 0.2) is 24.3 Å². The monoisotopic (exact) mass is 332 g/mol. The Labute approximate surface area is 144 Å². The van der Waals surface area contributed by atoms with Crippen LogP contribution in [0.25, 0.3) is 6.08 Å². The Bertz CT molecular complexity index is 576. The molecule has 1 fully saturated rings. The molecule has 1 atom stereocenters. The van der Waals surface area contributed by atoms with E-state index in [9.17, 15) is 4.79 Å². The number of rotatable bonds is 6. The lowest BCUT2D eigenvalue weighted by Crippen LogP contribution is -2.44. The Morgan fingerprint density at radius 3 is 2.67 bits per heavy atom. The third kappa shape index (κ3) is 4.74. The van der Waals surface area contributed by atoms with E-state index in [2.05, 4.69) is 0 Å². The van der Waals surface area contributed by atoms with Crippen LogP contribution in [0.4, 0.5) is 0 Å². The van der Waals surface area contributed by atoms with Crippen LogP contribution in [0.2, 0.25) is 0 Å². The lowest BCUT2D eigenvalue weighted by molar-refractivity contribution is -0.134. The summed E-state index contributed by atoms with van der Waals surface area (Å²) in [6.07, 6.45) is 5.88. The van der Waals surface area contributed by atoms with Gasteiger partial charge in [-0.1, -0.05) is 18.2 Å². The van der Waals surface area contributed by atoms with Gasteiger partial charge in [0.05, 0.1) is 7.11 Å². The second-order valence-corrected chi connectivity index (χ2v) is 6.28. The van der Waals surface area contributed by atoms with E-state index in [-0.39, 0.29) is 18.6 Å². The van der Waals surface area contributed by atoms with Crippen molar-refractivity contribution in [1.82, 2.24) is 4.90 Å². The number of likely N-dealkylation sites (tertiary alicyclic amines) is 1. The molecule has 1 aliphatic rings. The number of carbonyl (C=O) groups is 1. The summed E-state index contributed by atoms with van der Waals surface area (Å²) in [6, 6.07) is 5.87. The summed E-state index contributed by atoms with van der Waals surface area (Å²) < 4.78 is 11.0. The van der Waals surface area contributed by atoms with Crippen molar-refractivity contribution in [3.63, 3.8) is 0 Å². The molecule has 2 rings (SSSR count). The Hall–Kier alpha value is -2.01. The number of amides is 1. The zero-order valence-electron chi connectivity index (χ0n) is 14.8. The molecule has 0 saturated carbocycles. The number of nitrogens with zero attached hydrogens (tertiary/aromatic N) is 1. The van der Waals surface area contributed by atoms with E-state index in [0.717, 1.165) is 31.5 Å². The highest BCUT2D eigenvalue weighted by molar-refractivity contribution is 5.78. The van der Waals surface area contributed by atoms with Gasteiger partial charge in [-0.25, -0.2) is 0 Å². The Morgan fingerprint density at radius 1 is 1.38 bits per heavy atom. The maximum Gasteiger partial charge on any atom is 0.260 e. The van der Waals surface area contributed by atoms with E-state index >= 15 is 0 Å². The summed E-state index contributed by atoms with van der Waals surface area (Å²) in [7, 11) is 1.60. The number of nitrogens with two attached hydrogens (primary N) is 1. The van der Waals surface area contributed by atoms with Crippen molar-refractivity contribution in [3.8, 4) is 11.5 Å². The van der Waals surface area contributed by atoms with E-state index < -0.39 is 0 Å². The van der Waals surface area contributed by atoms with Crippen molar-refractivity contribution < 1.29 is 14.3 Å². The maximum absolute atomic E-state index is 12.3. The largest absolute Gasteiger partial charge is 0.493 e. The van der Waals surface area contributed by atoms with Gasteiger partial charge in [0.2, 0.25) is 0 Å². The van der Waals surface area contributed by atoms with Gasteiger partial charge in [-0.05, 0) is 50.3 Å². The van der Waals surface area contributed by atoms with Crippen molar-refractivity contribution in [2.24, 2.45) is 11.7 Å². The van der Waals surface area contributed by atoms with Gasteiger partial charge >= 0.3 is 0 Å². The molecule has 1 heterocycles. The average molecular weight is 332 g/mol. The first kappa shape index (κ1) is 18.3. The summed E-state index contributed by atoms with van der Waals surface area (Å²) >= 11 is 0. The second kappa shape index (κ2) is 8.73. The van der Waals surface area contributed by atoms with Gasteiger partial charge in [0, 0.05) is 19.1 Å². The molecule has 2 N–H and O–H groups in total. The standard InChI is InChI=1S/C19H28N2O3/c1-4-5-15-6-7-17(18(12-15)23-3)24-13-19(22)21-10-8-16(9-11-21)14(2)20/h4-7,12,14,16H,8-11,13,20H2,1-3H3/b5-4+. The lowest BCUT2D eigenvalue weighted by atomic mass is 9.91. The van der Waals surface area contributed by atoms with Crippen LogP contribution >= 0.6 is 0 Å². The minimum Gasteiger partial charge on any atom is -0.493 e. The minimum atomic E-state index is 0.0118. The van der Waals surface area contributed by atoms with E-state index in [1.807, 2.05) is 49.1 Å². The van der Waals surface area contributed by atoms with Gasteiger partial charge in [-0.3, -0.25) is 4.79 Å². The maximum atomic E-state index is 12.3. The van der Waals surface area contributed by atoms with Crippen LogP contribution in [-0.2, 0) is 4.79 Å². The summed E-state index contributed by atoms with van der Waals surface area (Å²) in [5.41, 5.74) is 6.98. The Morgan fingerprint density at radius 2 is 2.08 bits per heavy atom. The fourth-order valence-corrected chi connectivity index (χ4v) is 3.00. The van der Waals surface area contributed by atoms with Gasteiger partial charge in [0.25, 0.3) is 5.91 Å².